The van der Waals surface area contributed by atoms with Crippen molar-refractivity contribution in [3.8, 4) is 0 Å². The molecule has 0 spiro atoms. The topological polar surface area (TPSA) is 118 Å². The van der Waals surface area contributed by atoms with Crippen molar-refractivity contribution in [1.29, 1.82) is 0 Å². The van der Waals surface area contributed by atoms with Crippen LogP contribution in [0.15, 0.2) is 4.99 Å². The second-order valence-electron chi connectivity index (χ2n) is 3.45. The van der Waals surface area contributed by atoms with Gasteiger partial charge in [-0.15, -0.1) is 6.10 Å². The fraction of sp³-hybridized carbons (Fsp3) is 0.625. The normalized spacial score (nSPS) is 26.5. The molecule has 6 heteroatoms. The predicted octanol–water partition coefficient (Wildman–Crippen LogP) is -3.72. The zero-order valence-corrected chi connectivity index (χ0v) is 8.15. The molecule has 1 aliphatic rings. The van der Waals surface area contributed by atoms with Crippen molar-refractivity contribution in [2.45, 2.75) is 20.0 Å². The van der Waals surface area contributed by atoms with E-state index in [1.54, 1.807) is 6.92 Å². The zero-order chi connectivity index (χ0) is 10.9. The van der Waals surface area contributed by atoms with Crippen molar-refractivity contribution in [3.05, 3.63) is 0 Å². The first kappa shape index (κ1) is 10.6. The quantitative estimate of drug-likeness (QED) is 0.422. The Morgan fingerprint density at radius 2 is 2.07 bits per heavy atom. The van der Waals surface area contributed by atoms with Crippen LogP contribution in [0.5, 0.6) is 0 Å². The molecule has 0 bridgehead atoms. The highest BCUT2D eigenvalue weighted by atomic mass is 16.3. The van der Waals surface area contributed by atoms with Crippen molar-refractivity contribution >= 4 is 17.7 Å². The van der Waals surface area contributed by atoms with Crippen LogP contribution in [0.1, 0.15) is 13.8 Å². The Balaban J connectivity index is 2.92. The van der Waals surface area contributed by atoms with Crippen LogP contribution in [-0.4, -0.2) is 23.8 Å². The monoisotopic (exact) mass is 198 g/mol. The summed E-state index contributed by atoms with van der Waals surface area (Å²) in [6.07, 6.45) is -0.876. The van der Waals surface area contributed by atoms with E-state index in [1.165, 1.54) is 6.92 Å². The number of nitrogens with two attached hydrogens (primary N) is 2. The molecule has 5 N–H and O–H groups in total. The lowest BCUT2D eigenvalue weighted by Crippen LogP contribution is -2.84. The van der Waals surface area contributed by atoms with E-state index in [0.29, 0.717) is 0 Å². The van der Waals surface area contributed by atoms with Gasteiger partial charge in [0.1, 0.15) is 5.92 Å². The molecule has 1 heterocycles. The molecule has 0 aliphatic carbocycles. The SMILES string of the molecule is CC([O-])C(C)C1C(=O)[NH+]=C(N)N=C1N. The first-order valence-electron chi connectivity index (χ1n) is 4.36. The van der Waals surface area contributed by atoms with E-state index in [9.17, 15) is 9.90 Å². The lowest BCUT2D eigenvalue weighted by molar-refractivity contribution is -0.432. The number of hydrogen-bond donors (Lipinski definition) is 3. The number of carbonyl (C=O) groups excluding carboxylic acids is 1. The van der Waals surface area contributed by atoms with E-state index in [4.69, 9.17) is 11.5 Å². The van der Waals surface area contributed by atoms with Gasteiger partial charge in [-0.05, 0) is 5.92 Å². The number of amides is 1. The summed E-state index contributed by atoms with van der Waals surface area (Å²) in [6, 6.07) is 0. The van der Waals surface area contributed by atoms with Gasteiger partial charge in [-0.3, -0.25) is 10.5 Å². The number of nitrogens with one attached hydrogen (secondary N) is 1. The van der Waals surface area contributed by atoms with Crippen LogP contribution in [0.25, 0.3) is 0 Å². The minimum atomic E-state index is -0.876. The molecule has 3 atom stereocenters. The lowest BCUT2D eigenvalue weighted by Gasteiger charge is -2.29. The summed E-state index contributed by atoms with van der Waals surface area (Å²) >= 11 is 0. The standard InChI is InChI=1S/C8H13N4O2/c1-3(4(2)13)5-6(9)11-8(10)12-7(5)14/h3-5H,1-2H3,(H4,9,10,11,12,14)/q-1/p+1. The van der Waals surface area contributed by atoms with Crippen molar-refractivity contribution < 1.29 is 14.9 Å². The summed E-state index contributed by atoms with van der Waals surface area (Å²) in [5.74, 6) is -1.33. The maximum absolute atomic E-state index is 11.4. The summed E-state index contributed by atoms with van der Waals surface area (Å²) in [7, 11) is 0. The van der Waals surface area contributed by atoms with E-state index in [0.717, 1.165) is 0 Å². The Bertz CT molecular complexity index is 308. The lowest BCUT2D eigenvalue weighted by atomic mass is 9.88. The van der Waals surface area contributed by atoms with Crippen molar-refractivity contribution in [2.75, 3.05) is 0 Å². The Morgan fingerprint density at radius 1 is 1.50 bits per heavy atom. The average molecular weight is 198 g/mol. The van der Waals surface area contributed by atoms with E-state index in [1.807, 2.05) is 0 Å². The summed E-state index contributed by atoms with van der Waals surface area (Å²) < 4.78 is 0. The third-order valence-electron chi connectivity index (χ3n) is 2.37. The van der Waals surface area contributed by atoms with E-state index < -0.39 is 17.9 Å². The Morgan fingerprint density at radius 3 is 2.50 bits per heavy atom. The van der Waals surface area contributed by atoms with Crippen molar-refractivity contribution in [3.63, 3.8) is 0 Å². The van der Waals surface area contributed by atoms with Gasteiger partial charge in [0.2, 0.25) is 0 Å². The summed E-state index contributed by atoms with van der Waals surface area (Å²) in [4.78, 5) is 17.5. The van der Waals surface area contributed by atoms with Gasteiger partial charge >= 0.3 is 5.96 Å². The fourth-order valence-corrected chi connectivity index (χ4v) is 1.35. The molecule has 0 aromatic heterocycles. The molecule has 0 fully saturated rings. The Kier molecular flexibility index (Phi) is 2.85. The van der Waals surface area contributed by atoms with Gasteiger partial charge in [0.05, 0.1) is 0 Å². The summed E-state index contributed by atoms with van der Waals surface area (Å²) in [5.41, 5.74) is 10.8. The molecule has 1 rings (SSSR count). The number of guanidine groups is 1. The number of rotatable bonds is 2. The maximum atomic E-state index is 11.4. The van der Waals surface area contributed by atoms with E-state index >= 15 is 0 Å². The highest BCUT2D eigenvalue weighted by Crippen LogP contribution is 2.14. The van der Waals surface area contributed by atoms with Crippen LogP contribution in [0.2, 0.25) is 0 Å². The minimum Gasteiger partial charge on any atom is -0.852 e. The molecule has 78 valence electrons. The molecular formula is C8H14N4O2. The Hall–Kier alpha value is -1.43. The summed E-state index contributed by atoms with van der Waals surface area (Å²) in [5, 5.41) is 11.2. The molecule has 0 radical (unpaired) electrons. The van der Waals surface area contributed by atoms with Gasteiger partial charge in [-0.1, -0.05) is 18.8 Å². The predicted molar refractivity (Wildman–Crippen MR) is 48.9 cm³/mol. The highest BCUT2D eigenvalue weighted by molar-refractivity contribution is 6.07. The molecule has 3 unspecified atom stereocenters. The smallest absolute Gasteiger partial charge is 0.391 e. The van der Waals surface area contributed by atoms with Crippen molar-refractivity contribution in [2.24, 2.45) is 28.3 Å². The molecule has 0 saturated carbocycles. The van der Waals surface area contributed by atoms with Crippen LogP contribution < -0.4 is 21.6 Å². The highest BCUT2D eigenvalue weighted by Gasteiger charge is 2.35. The number of nitrogens with zero attached hydrogens (tertiary/aromatic N) is 1. The van der Waals surface area contributed by atoms with Gasteiger partial charge in [0.15, 0.2) is 5.84 Å². The molecule has 6 nitrogen and oxygen atoms in total. The first-order chi connectivity index (χ1) is 6.43. The second kappa shape index (κ2) is 3.75. The summed E-state index contributed by atoms with van der Waals surface area (Å²) in [6.45, 7) is 3.17. The Labute approximate surface area is 81.7 Å². The van der Waals surface area contributed by atoms with Crippen LogP contribution in [0.3, 0.4) is 0 Å². The minimum absolute atomic E-state index is 0.0190. The van der Waals surface area contributed by atoms with Gasteiger partial charge in [0, 0.05) is 0 Å². The van der Waals surface area contributed by atoms with E-state index in [2.05, 4.69) is 9.98 Å². The number of hydrogen-bond acceptors (Lipinski definition) is 5. The van der Waals surface area contributed by atoms with Crippen LogP contribution in [-0.2, 0) is 4.79 Å². The first-order valence-corrected chi connectivity index (χ1v) is 4.36. The number of carbonyl (C=O) groups is 1. The third kappa shape index (κ3) is 1.90. The molecule has 0 aromatic rings. The molecule has 1 amide bonds. The molecule has 14 heavy (non-hydrogen) atoms. The van der Waals surface area contributed by atoms with Crippen LogP contribution >= 0.6 is 0 Å². The number of aliphatic imine (C=N–C) groups is 1. The van der Waals surface area contributed by atoms with Gasteiger partial charge < -0.3 is 10.8 Å². The zero-order valence-electron chi connectivity index (χ0n) is 8.15. The average Bonchev–Trinajstić information content (AvgIpc) is 2.01. The second-order valence-corrected chi connectivity index (χ2v) is 3.45. The largest absolute Gasteiger partial charge is 0.852 e. The molecular weight excluding hydrogens is 184 g/mol. The third-order valence-corrected chi connectivity index (χ3v) is 2.37. The molecule has 0 saturated heterocycles. The van der Waals surface area contributed by atoms with Crippen LogP contribution in [0, 0.1) is 11.8 Å². The number of amidine groups is 1. The van der Waals surface area contributed by atoms with Gasteiger partial charge in [0.25, 0.3) is 5.91 Å². The molecule has 1 aliphatic heterocycles. The van der Waals surface area contributed by atoms with Gasteiger partial charge in [-0.25, -0.2) is 4.99 Å². The fourth-order valence-electron chi connectivity index (χ4n) is 1.35. The molecule has 0 aromatic carbocycles. The van der Waals surface area contributed by atoms with Crippen molar-refractivity contribution in [1.82, 2.24) is 0 Å². The van der Waals surface area contributed by atoms with Crippen LogP contribution in [0.4, 0.5) is 0 Å². The maximum Gasteiger partial charge on any atom is 0.391 e. The van der Waals surface area contributed by atoms with Gasteiger partial charge in [-0.2, -0.15) is 0 Å². The van der Waals surface area contributed by atoms with E-state index in [-0.39, 0.29) is 17.7 Å².